The summed E-state index contributed by atoms with van der Waals surface area (Å²) < 4.78 is 32.3. The van der Waals surface area contributed by atoms with E-state index in [4.69, 9.17) is 16.6 Å². The van der Waals surface area contributed by atoms with Crippen LogP contribution in [-0.4, -0.2) is 27.1 Å². The Morgan fingerprint density at radius 1 is 1.29 bits per heavy atom. The number of carbonyl (C=O) groups is 1. The summed E-state index contributed by atoms with van der Waals surface area (Å²) in [6.07, 6.45) is 9.04. The Balaban J connectivity index is 1.41. The molecule has 1 aliphatic carbocycles. The van der Waals surface area contributed by atoms with Gasteiger partial charge in [-0.15, -0.1) is 8.78 Å². The Morgan fingerprint density at radius 3 is 2.79 bits per heavy atom. The van der Waals surface area contributed by atoms with Crippen LogP contribution in [0.15, 0.2) is 52.8 Å². The van der Waals surface area contributed by atoms with Gasteiger partial charge >= 0.3 is 5.57 Å². The van der Waals surface area contributed by atoms with Crippen molar-refractivity contribution in [2.45, 2.75) is 56.7 Å². The fourth-order valence-electron chi connectivity index (χ4n) is 4.84. The summed E-state index contributed by atoms with van der Waals surface area (Å²) in [5.41, 5.74) is -0.351. The number of amides is 1. The first-order valence-electron chi connectivity index (χ1n) is 11.3. The molecule has 7 nitrogen and oxygen atoms in total. The van der Waals surface area contributed by atoms with E-state index in [0.717, 1.165) is 42.2 Å². The zero-order chi connectivity index (χ0) is 23.9. The zero-order valence-corrected chi connectivity index (χ0v) is 19.3. The van der Waals surface area contributed by atoms with Crippen LogP contribution in [0.25, 0.3) is 5.57 Å². The molecule has 1 amide bonds. The van der Waals surface area contributed by atoms with Crippen LogP contribution >= 0.6 is 11.6 Å². The molecular formula is C24H24ClF2N5O2. The maximum Gasteiger partial charge on any atom is 0.487 e. The predicted molar refractivity (Wildman–Crippen MR) is 124 cm³/mol. The lowest BCUT2D eigenvalue weighted by atomic mass is 9.85. The highest BCUT2D eigenvalue weighted by Crippen LogP contribution is 2.39. The minimum atomic E-state index is -3.79. The van der Waals surface area contributed by atoms with E-state index >= 15 is 0 Å². The summed E-state index contributed by atoms with van der Waals surface area (Å²) in [6, 6.07) is 5.47. The first-order valence-corrected chi connectivity index (χ1v) is 11.7. The van der Waals surface area contributed by atoms with Gasteiger partial charge in [0.25, 0.3) is 0 Å². The largest absolute Gasteiger partial charge is 0.487 e. The van der Waals surface area contributed by atoms with Crippen LogP contribution in [0.1, 0.15) is 49.3 Å². The zero-order valence-electron chi connectivity index (χ0n) is 18.5. The number of nitrogens with one attached hydrogen (secondary N) is 1. The van der Waals surface area contributed by atoms with Gasteiger partial charge in [-0.25, -0.2) is 4.98 Å². The molecule has 1 N–H and O–H groups in total. The molecule has 3 atom stereocenters. The Morgan fingerprint density at radius 2 is 2.09 bits per heavy atom. The van der Waals surface area contributed by atoms with E-state index in [0.29, 0.717) is 24.4 Å². The second-order valence-electron chi connectivity index (χ2n) is 8.82. The number of carbonyl (C=O) groups excluding carboxylic acids is 1. The Kier molecular flexibility index (Phi) is 5.97. The van der Waals surface area contributed by atoms with Crippen LogP contribution in [0, 0.1) is 5.92 Å². The highest BCUT2D eigenvalue weighted by atomic mass is 35.5. The highest BCUT2D eigenvalue weighted by Gasteiger charge is 2.35. The van der Waals surface area contributed by atoms with Gasteiger partial charge in [-0.3, -0.25) is 4.79 Å². The maximum absolute atomic E-state index is 13.2. The van der Waals surface area contributed by atoms with Crippen molar-refractivity contribution >= 4 is 28.8 Å². The molecule has 2 aromatic rings. The van der Waals surface area contributed by atoms with E-state index in [1.807, 2.05) is 12.2 Å². The highest BCUT2D eigenvalue weighted by molar-refractivity contribution is 6.20. The van der Waals surface area contributed by atoms with E-state index in [-0.39, 0.29) is 17.7 Å². The summed E-state index contributed by atoms with van der Waals surface area (Å²) in [6.45, 7) is 3.10. The first kappa shape index (κ1) is 22.7. The molecule has 0 saturated carbocycles. The molecule has 0 fully saturated rings. The fourth-order valence-corrected chi connectivity index (χ4v) is 4.93. The smallest absolute Gasteiger partial charge is 0.420 e. The molecule has 0 radical (unpaired) electrons. The van der Waals surface area contributed by atoms with Gasteiger partial charge in [0.1, 0.15) is 17.6 Å². The number of azo groups is 1. The van der Waals surface area contributed by atoms with Gasteiger partial charge in [0.15, 0.2) is 0 Å². The van der Waals surface area contributed by atoms with E-state index in [1.54, 1.807) is 6.20 Å². The number of aromatic nitrogens is 2. The molecular weight excluding hydrogens is 464 g/mol. The van der Waals surface area contributed by atoms with Crippen LogP contribution in [0.5, 0.6) is 5.75 Å². The molecule has 2 aliphatic heterocycles. The summed E-state index contributed by atoms with van der Waals surface area (Å²) in [7, 11) is 0. The molecule has 5 rings (SSSR count). The molecule has 3 heterocycles. The molecule has 0 saturated heterocycles. The number of hydrogen-bond acceptors (Lipinski definition) is 5. The summed E-state index contributed by atoms with van der Waals surface area (Å²) >= 11 is 4.80. The second-order valence-corrected chi connectivity index (χ2v) is 9.26. The number of benzene rings is 1. The number of imidazole rings is 1. The summed E-state index contributed by atoms with van der Waals surface area (Å²) in [5.74, 6) is 0.678. The molecule has 0 bridgehead atoms. The van der Waals surface area contributed by atoms with E-state index in [9.17, 15) is 13.6 Å². The molecule has 3 aliphatic rings. The molecule has 10 heteroatoms. The fraction of sp³-hybridized carbons (Fsp3) is 0.417. The number of halogens is 3. The summed E-state index contributed by atoms with van der Waals surface area (Å²) in [4.78, 5) is 18.2. The summed E-state index contributed by atoms with van der Waals surface area (Å²) in [5, 5.41) is 11.4. The van der Waals surface area contributed by atoms with Gasteiger partial charge < -0.3 is 14.6 Å². The second kappa shape index (κ2) is 8.94. The molecule has 34 heavy (non-hydrogen) atoms. The van der Waals surface area contributed by atoms with Gasteiger partial charge in [0.2, 0.25) is 5.91 Å². The number of alkyl halides is 3. The number of hydrogen-bond donors (Lipinski definition) is 1. The lowest BCUT2D eigenvalue weighted by molar-refractivity contribution is -0.118. The minimum Gasteiger partial charge on any atom is -0.420 e. The maximum atomic E-state index is 13.2. The number of anilines is 1. The van der Waals surface area contributed by atoms with Gasteiger partial charge in [0, 0.05) is 47.9 Å². The van der Waals surface area contributed by atoms with Crippen molar-refractivity contribution in [3.63, 3.8) is 0 Å². The molecule has 1 aromatic carbocycles. The quantitative estimate of drug-likeness (QED) is 0.534. The Labute approximate surface area is 200 Å². The lowest BCUT2D eigenvalue weighted by Gasteiger charge is -2.27. The van der Waals surface area contributed by atoms with Gasteiger partial charge in [0.05, 0.1) is 17.3 Å². The topological polar surface area (TPSA) is 80.9 Å². The van der Waals surface area contributed by atoms with E-state index < -0.39 is 11.5 Å². The van der Waals surface area contributed by atoms with Crippen LogP contribution in [0.2, 0.25) is 0 Å². The van der Waals surface area contributed by atoms with Crippen LogP contribution in [0.4, 0.5) is 14.5 Å². The van der Waals surface area contributed by atoms with Gasteiger partial charge in [-0.05, 0) is 43.5 Å². The molecule has 178 valence electrons. The molecule has 1 aromatic heterocycles. The monoisotopic (exact) mass is 487 g/mol. The normalized spacial score (nSPS) is 23.6. The molecule has 2 unspecified atom stereocenters. The third-order valence-electron chi connectivity index (χ3n) is 6.39. The average molecular weight is 488 g/mol. The van der Waals surface area contributed by atoms with Crippen molar-refractivity contribution in [1.29, 1.82) is 0 Å². The van der Waals surface area contributed by atoms with Crippen molar-refractivity contribution in [1.82, 2.24) is 9.55 Å². The third kappa shape index (κ3) is 4.61. The predicted octanol–water partition coefficient (Wildman–Crippen LogP) is 5.88. The van der Waals surface area contributed by atoms with Crippen LogP contribution in [-0.2, 0) is 17.8 Å². The number of nitrogens with zero attached hydrogens (tertiary/aromatic N) is 4. The standard InChI is InChI=1S/C24H24ClF2N5O2/c1-14-4-3-11-32-21-18(19-5-2-10-28-31-19)12-15(13-20(21)30-22(14)32)23(33)29-16-6-8-17(9-7-16)34-24(25,26)27/h2,6-10,12,14-15,19H,3-5,11,13H2,1H3,(H,29,33)/t14-,15?,19?/m0/s1. The van der Waals surface area contributed by atoms with E-state index in [1.165, 1.54) is 24.3 Å². The van der Waals surface area contributed by atoms with Crippen molar-refractivity contribution in [2.24, 2.45) is 16.1 Å². The third-order valence-corrected chi connectivity index (χ3v) is 6.46. The first-order chi connectivity index (χ1) is 16.3. The van der Waals surface area contributed by atoms with E-state index in [2.05, 4.69) is 31.8 Å². The van der Waals surface area contributed by atoms with Crippen molar-refractivity contribution in [3.8, 4) is 5.75 Å². The van der Waals surface area contributed by atoms with Crippen molar-refractivity contribution < 1.29 is 18.3 Å². The van der Waals surface area contributed by atoms with Gasteiger partial charge in [-0.2, -0.15) is 10.2 Å². The lowest BCUT2D eigenvalue weighted by Crippen LogP contribution is -2.28. The Hall–Kier alpha value is -3.07. The van der Waals surface area contributed by atoms with Crippen molar-refractivity contribution in [3.05, 3.63) is 59.8 Å². The van der Waals surface area contributed by atoms with Gasteiger partial charge in [-0.1, -0.05) is 19.1 Å². The van der Waals surface area contributed by atoms with Crippen molar-refractivity contribution in [2.75, 3.05) is 5.32 Å². The number of fused-ring (bicyclic) bond motifs is 3. The minimum absolute atomic E-state index is 0.101. The number of ether oxygens (including phenoxy) is 1. The van der Waals surface area contributed by atoms with Crippen LogP contribution in [0.3, 0.4) is 0 Å². The molecule has 0 spiro atoms. The Bertz CT molecular complexity index is 1180. The average Bonchev–Trinajstić information content (AvgIpc) is 3.19. The SMILES string of the molecule is C[C@H]1CCCn2c1nc1c2C(C2CC=CN=N2)=CC(C(=O)Nc2ccc(OC(F)(F)Cl)cc2)C1. The number of rotatable bonds is 5. The van der Waals surface area contributed by atoms with Crippen LogP contribution < -0.4 is 10.1 Å².